The first kappa shape index (κ1) is 24.6. The molecule has 32 heavy (non-hydrogen) atoms. The van der Waals surface area contributed by atoms with Gasteiger partial charge >= 0.3 is 6.18 Å². The van der Waals surface area contributed by atoms with E-state index < -0.39 is 28.6 Å². The summed E-state index contributed by atoms with van der Waals surface area (Å²) in [4.78, 5) is 14.7. The molecule has 0 radical (unpaired) electrons. The van der Waals surface area contributed by atoms with E-state index in [1.807, 2.05) is 4.90 Å². The molecule has 2 atom stereocenters. The number of nitrogens with zero attached hydrogens (tertiary/aromatic N) is 1. The van der Waals surface area contributed by atoms with Crippen LogP contribution in [0.15, 0.2) is 40.9 Å². The van der Waals surface area contributed by atoms with Crippen LogP contribution in [0.1, 0.15) is 42.4 Å². The van der Waals surface area contributed by atoms with Crippen LogP contribution in [0.3, 0.4) is 0 Å². The predicted molar refractivity (Wildman–Crippen MR) is 125 cm³/mol. The SMILES string of the molecule is CC(C(=O)NCc1ccc(C(F)(F)F)cc1N1CCCC1)c1ccc(NS(C)=O)c(Br)c1. The molecule has 0 aliphatic carbocycles. The van der Waals surface area contributed by atoms with Gasteiger partial charge in [-0.05, 0) is 71.1 Å². The van der Waals surface area contributed by atoms with Gasteiger partial charge in [0.2, 0.25) is 5.91 Å². The summed E-state index contributed by atoms with van der Waals surface area (Å²) < 4.78 is 54.5. The van der Waals surface area contributed by atoms with E-state index in [-0.39, 0.29) is 12.5 Å². The second-order valence-corrected chi connectivity index (χ2v) is 9.74. The van der Waals surface area contributed by atoms with E-state index in [2.05, 4.69) is 26.0 Å². The molecule has 10 heteroatoms. The Hall–Kier alpha value is -2.07. The third-order valence-corrected chi connectivity index (χ3v) is 6.62. The molecule has 1 saturated heterocycles. The summed E-state index contributed by atoms with van der Waals surface area (Å²) in [6, 6.07) is 8.99. The number of halogens is 4. The Morgan fingerprint density at radius 2 is 1.88 bits per heavy atom. The smallest absolute Gasteiger partial charge is 0.371 e. The molecule has 174 valence electrons. The highest BCUT2D eigenvalue weighted by Gasteiger charge is 2.32. The fourth-order valence-corrected chi connectivity index (χ4v) is 4.78. The van der Waals surface area contributed by atoms with Gasteiger partial charge in [-0.1, -0.05) is 12.1 Å². The fourth-order valence-electron chi connectivity index (χ4n) is 3.67. The molecule has 1 aliphatic heterocycles. The van der Waals surface area contributed by atoms with Gasteiger partial charge in [-0.3, -0.25) is 4.79 Å². The molecule has 1 heterocycles. The van der Waals surface area contributed by atoms with Gasteiger partial charge in [-0.25, -0.2) is 4.21 Å². The van der Waals surface area contributed by atoms with Crippen molar-refractivity contribution in [3.63, 3.8) is 0 Å². The average molecular weight is 532 g/mol. The van der Waals surface area contributed by atoms with Crippen molar-refractivity contribution in [2.45, 2.75) is 38.4 Å². The molecule has 1 aliphatic rings. The van der Waals surface area contributed by atoms with Crippen molar-refractivity contribution in [3.8, 4) is 0 Å². The van der Waals surface area contributed by atoms with Gasteiger partial charge in [-0.15, -0.1) is 0 Å². The van der Waals surface area contributed by atoms with Crippen LogP contribution in [0.4, 0.5) is 24.5 Å². The van der Waals surface area contributed by atoms with Gasteiger partial charge < -0.3 is 14.9 Å². The van der Waals surface area contributed by atoms with Crippen molar-refractivity contribution < 1.29 is 22.2 Å². The molecule has 1 fully saturated rings. The van der Waals surface area contributed by atoms with Crippen LogP contribution in [-0.2, 0) is 28.5 Å². The van der Waals surface area contributed by atoms with Crippen molar-refractivity contribution in [2.75, 3.05) is 29.0 Å². The molecule has 0 aromatic heterocycles. The summed E-state index contributed by atoms with van der Waals surface area (Å²) in [5, 5.41) is 2.86. The highest BCUT2D eigenvalue weighted by atomic mass is 79.9. The normalized spacial score (nSPS) is 16.0. The highest BCUT2D eigenvalue weighted by molar-refractivity contribution is 9.10. The van der Waals surface area contributed by atoms with Crippen molar-refractivity contribution in [1.82, 2.24) is 5.32 Å². The van der Waals surface area contributed by atoms with Gasteiger partial charge in [0, 0.05) is 36.1 Å². The highest BCUT2D eigenvalue weighted by Crippen LogP contribution is 2.35. The molecule has 3 rings (SSSR count). The van der Waals surface area contributed by atoms with Gasteiger partial charge in [-0.2, -0.15) is 13.2 Å². The number of nitrogens with one attached hydrogen (secondary N) is 2. The Morgan fingerprint density at radius 3 is 2.47 bits per heavy atom. The number of hydrogen-bond donors (Lipinski definition) is 2. The Bertz CT molecular complexity index is 1010. The number of amides is 1. The van der Waals surface area contributed by atoms with Crippen LogP contribution in [0, 0.1) is 0 Å². The number of rotatable bonds is 7. The zero-order chi connectivity index (χ0) is 23.5. The van der Waals surface area contributed by atoms with Crippen LogP contribution in [-0.4, -0.2) is 29.5 Å². The summed E-state index contributed by atoms with van der Waals surface area (Å²) in [7, 11) is -1.22. The number of carbonyl (C=O) groups excluding carboxylic acids is 1. The molecule has 0 spiro atoms. The second kappa shape index (κ2) is 10.2. The third-order valence-electron chi connectivity index (χ3n) is 5.45. The first-order chi connectivity index (χ1) is 15.1. The van der Waals surface area contributed by atoms with Crippen molar-refractivity contribution in [1.29, 1.82) is 0 Å². The Balaban J connectivity index is 1.73. The van der Waals surface area contributed by atoms with Crippen molar-refractivity contribution in [3.05, 3.63) is 57.6 Å². The quantitative estimate of drug-likeness (QED) is 0.516. The largest absolute Gasteiger partial charge is 0.416 e. The molecule has 5 nitrogen and oxygen atoms in total. The van der Waals surface area contributed by atoms with Gasteiger partial charge in [0.25, 0.3) is 0 Å². The fraction of sp³-hybridized carbons (Fsp3) is 0.409. The lowest BCUT2D eigenvalue weighted by atomic mass is 10.00. The van der Waals surface area contributed by atoms with Gasteiger partial charge in [0.1, 0.15) is 11.0 Å². The second-order valence-electron chi connectivity index (χ2n) is 7.77. The molecule has 0 bridgehead atoms. The van der Waals surface area contributed by atoms with Crippen LogP contribution < -0.4 is 14.9 Å². The minimum Gasteiger partial charge on any atom is -0.371 e. The minimum atomic E-state index is -4.41. The molecular weight excluding hydrogens is 507 g/mol. The molecular formula is C22H25BrF3N3O2S. The first-order valence-corrected chi connectivity index (χ1v) is 12.5. The lowest BCUT2D eigenvalue weighted by Crippen LogP contribution is -2.29. The molecule has 2 N–H and O–H groups in total. The van der Waals surface area contributed by atoms with E-state index in [4.69, 9.17) is 0 Å². The van der Waals surface area contributed by atoms with Crippen molar-refractivity contribution >= 4 is 44.2 Å². The molecule has 2 aromatic carbocycles. The van der Waals surface area contributed by atoms with E-state index in [1.54, 1.807) is 25.1 Å². The van der Waals surface area contributed by atoms with Crippen LogP contribution >= 0.6 is 15.9 Å². The summed E-state index contributed by atoms with van der Waals surface area (Å²) >= 11 is 3.41. The van der Waals surface area contributed by atoms with Crippen LogP contribution in [0.5, 0.6) is 0 Å². The van der Waals surface area contributed by atoms with E-state index in [0.717, 1.165) is 24.5 Å². The summed E-state index contributed by atoms with van der Waals surface area (Å²) in [5.74, 6) is -0.707. The van der Waals surface area contributed by atoms with Gasteiger partial charge in [0.15, 0.2) is 0 Å². The lowest BCUT2D eigenvalue weighted by Gasteiger charge is -2.23. The summed E-state index contributed by atoms with van der Waals surface area (Å²) in [6.45, 7) is 3.31. The average Bonchev–Trinajstić information content (AvgIpc) is 3.26. The van der Waals surface area contributed by atoms with Crippen molar-refractivity contribution in [2.24, 2.45) is 0 Å². The number of anilines is 2. The zero-order valence-corrected chi connectivity index (χ0v) is 20.2. The van der Waals surface area contributed by atoms with E-state index >= 15 is 0 Å². The standard InChI is InChI=1S/C22H25BrF3N3O2S/c1-14(15-6-8-19(18(23)11-15)28-32(2)31)21(30)27-13-16-5-7-17(22(24,25)26)12-20(16)29-9-3-4-10-29/h5-8,11-12,14,28H,3-4,9-10,13H2,1-2H3,(H,27,30). The van der Waals surface area contributed by atoms with Crippen LogP contribution in [0.2, 0.25) is 0 Å². The Morgan fingerprint density at radius 1 is 1.19 bits per heavy atom. The van der Waals surface area contributed by atoms with E-state index in [1.165, 1.54) is 18.4 Å². The third kappa shape index (κ3) is 6.04. The number of benzene rings is 2. The number of hydrogen-bond acceptors (Lipinski definition) is 3. The maximum atomic E-state index is 13.2. The Labute approximate surface area is 196 Å². The van der Waals surface area contributed by atoms with E-state index in [0.29, 0.717) is 34.5 Å². The maximum Gasteiger partial charge on any atom is 0.416 e. The summed E-state index contributed by atoms with van der Waals surface area (Å²) in [5.41, 5.74) is 1.91. The predicted octanol–water partition coefficient (Wildman–Crippen LogP) is 5.19. The maximum absolute atomic E-state index is 13.2. The lowest BCUT2D eigenvalue weighted by molar-refractivity contribution is -0.137. The van der Waals surface area contributed by atoms with Crippen LogP contribution in [0.25, 0.3) is 0 Å². The Kier molecular flexibility index (Phi) is 7.87. The van der Waals surface area contributed by atoms with E-state index in [9.17, 15) is 22.2 Å². The zero-order valence-electron chi connectivity index (χ0n) is 17.8. The topological polar surface area (TPSA) is 61.4 Å². The minimum absolute atomic E-state index is 0.142. The molecule has 0 saturated carbocycles. The first-order valence-electron chi connectivity index (χ1n) is 10.2. The summed E-state index contributed by atoms with van der Waals surface area (Å²) in [6.07, 6.45) is -1.02. The monoisotopic (exact) mass is 531 g/mol. The number of alkyl halides is 3. The molecule has 2 aromatic rings. The number of carbonyl (C=O) groups is 1. The molecule has 2 unspecified atom stereocenters. The molecule has 1 amide bonds. The van der Waals surface area contributed by atoms with Gasteiger partial charge in [0.05, 0.1) is 17.2 Å².